The molecule has 3 saturated carbocycles. The van der Waals surface area contributed by atoms with E-state index in [4.69, 9.17) is 15.5 Å². The second-order valence-electron chi connectivity index (χ2n) is 9.39. The molecule has 2 aromatic heterocycles. The first-order valence-electron chi connectivity index (χ1n) is 10.5. The third-order valence-corrected chi connectivity index (χ3v) is 7.88. The average Bonchev–Trinajstić information content (AvgIpc) is 3.04. The van der Waals surface area contributed by atoms with Crippen molar-refractivity contribution < 1.29 is 17.9 Å². The molecule has 2 aromatic rings. The number of fused-ring (bicyclic) bond motifs is 1. The number of hydrogen-bond acceptors (Lipinski definition) is 5. The maximum Gasteiger partial charge on any atom is 0.419 e. The van der Waals surface area contributed by atoms with E-state index in [0.29, 0.717) is 23.1 Å². The zero-order chi connectivity index (χ0) is 20.9. The number of morpholine rings is 1. The molecule has 0 amide bonds. The summed E-state index contributed by atoms with van der Waals surface area (Å²) in [5, 5.41) is 0. The lowest BCUT2D eigenvalue weighted by Gasteiger charge is -2.82. The predicted octanol–water partition coefficient (Wildman–Crippen LogP) is 2.93. The highest BCUT2D eigenvalue weighted by Crippen LogP contribution is 2.75. The molecule has 9 heteroatoms. The van der Waals surface area contributed by atoms with Gasteiger partial charge in [-0.05, 0) is 24.8 Å². The fraction of sp³-hybridized carbons (Fsp3) is 0.619. The smallest absolute Gasteiger partial charge is 0.383 e. The van der Waals surface area contributed by atoms with E-state index >= 15 is 0 Å². The highest BCUT2D eigenvalue weighted by molar-refractivity contribution is 5.62. The Morgan fingerprint density at radius 2 is 1.93 bits per heavy atom. The van der Waals surface area contributed by atoms with Crippen LogP contribution in [0.5, 0.6) is 0 Å². The van der Waals surface area contributed by atoms with E-state index in [1.807, 2.05) is 6.20 Å². The van der Waals surface area contributed by atoms with Crippen LogP contribution in [-0.4, -0.2) is 51.3 Å². The Labute approximate surface area is 172 Å². The Bertz CT molecular complexity index is 1020. The maximum absolute atomic E-state index is 13.3. The molecule has 0 aromatic carbocycles. The number of alkyl halides is 3. The highest BCUT2D eigenvalue weighted by atomic mass is 19.4. The molecule has 7 rings (SSSR count). The average molecular weight is 419 g/mol. The first-order valence-corrected chi connectivity index (χ1v) is 10.5. The largest absolute Gasteiger partial charge is 0.419 e. The van der Waals surface area contributed by atoms with E-state index in [1.165, 1.54) is 6.20 Å². The predicted molar refractivity (Wildman–Crippen MR) is 104 cm³/mol. The molecule has 2 atom stereocenters. The summed E-state index contributed by atoms with van der Waals surface area (Å²) in [7, 11) is 0. The second-order valence-corrected chi connectivity index (χ2v) is 9.39. The van der Waals surface area contributed by atoms with Crippen molar-refractivity contribution in [1.29, 1.82) is 0 Å². The number of nitrogens with zero attached hydrogens (tertiary/aromatic N) is 4. The molecular formula is C21H24F3N5O. The van der Waals surface area contributed by atoms with Crippen molar-refractivity contribution in [3.05, 3.63) is 29.8 Å². The maximum atomic E-state index is 13.3. The van der Waals surface area contributed by atoms with Gasteiger partial charge < -0.3 is 15.0 Å². The standard InChI is InChI=1S/C21H24F3N5O/c1-12-6-16-27-15(13-7-14(21(22,23)24)18(25)26-8-13)9-29(16)20-10-19(11-20,17(12)20)28-2-4-30-5-3-28/h7-9,12,17H,2-6,10-11H2,1H3,(H2,25,26). The summed E-state index contributed by atoms with van der Waals surface area (Å²) in [5.41, 5.74) is 5.78. The topological polar surface area (TPSA) is 69.2 Å². The van der Waals surface area contributed by atoms with Crippen LogP contribution in [0.4, 0.5) is 19.0 Å². The van der Waals surface area contributed by atoms with E-state index in [1.54, 1.807) is 0 Å². The first-order chi connectivity index (χ1) is 14.2. The van der Waals surface area contributed by atoms with Crippen LogP contribution in [0.1, 0.15) is 31.2 Å². The molecule has 2 unspecified atom stereocenters. The Morgan fingerprint density at radius 1 is 1.20 bits per heavy atom. The zero-order valence-electron chi connectivity index (χ0n) is 16.7. The van der Waals surface area contributed by atoms with Crippen molar-refractivity contribution in [2.75, 3.05) is 32.0 Å². The number of nitrogens with two attached hydrogens (primary N) is 1. The summed E-state index contributed by atoms with van der Waals surface area (Å²) in [4.78, 5) is 11.1. The fourth-order valence-corrected chi connectivity index (χ4v) is 6.83. The number of hydrogen-bond donors (Lipinski definition) is 1. The van der Waals surface area contributed by atoms with Crippen LogP contribution in [0.25, 0.3) is 11.3 Å². The fourth-order valence-electron chi connectivity index (χ4n) is 6.83. The summed E-state index contributed by atoms with van der Waals surface area (Å²) >= 11 is 0. The van der Waals surface area contributed by atoms with Crippen molar-refractivity contribution in [3.63, 3.8) is 0 Å². The van der Waals surface area contributed by atoms with E-state index in [0.717, 1.165) is 57.5 Å². The van der Waals surface area contributed by atoms with Crippen molar-refractivity contribution in [1.82, 2.24) is 19.4 Å². The molecule has 2 aliphatic heterocycles. The van der Waals surface area contributed by atoms with Gasteiger partial charge in [0.05, 0.1) is 30.0 Å². The summed E-state index contributed by atoms with van der Waals surface area (Å²) in [6, 6.07) is 1.06. The number of pyridine rings is 1. The van der Waals surface area contributed by atoms with Gasteiger partial charge in [-0.15, -0.1) is 0 Å². The molecule has 1 spiro atoms. The lowest BCUT2D eigenvalue weighted by Crippen LogP contribution is -2.88. The van der Waals surface area contributed by atoms with E-state index < -0.39 is 17.6 Å². The minimum atomic E-state index is -4.54. The van der Waals surface area contributed by atoms with Gasteiger partial charge in [0.2, 0.25) is 0 Å². The molecule has 4 fully saturated rings. The van der Waals surface area contributed by atoms with Crippen molar-refractivity contribution in [3.8, 4) is 11.3 Å². The highest BCUT2D eigenvalue weighted by Gasteiger charge is 2.80. The molecule has 6 nitrogen and oxygen atoms in total. The van der Waals surface area contributed by atoms with Crippen LogP contribution < -0.4 is 5.73 Å². The van der Waals surface area contributed by atoms with Gasteiger partial charge in [0, 0.05) is 48.9 Å². The first kappa shape index (κ1) is 18.6. The Morgan fingerprint density at radius 3 is 2.63 bits per heavy atom. The van der Waals surface area contributed by atoms with Crippen LogP contribution in [0.2, 0.25) is 0 Å². The molecule has 30 heavy (non-hydrogen) atoms. The van der Waals surface area contributed by atoms with Crippen LogP contribution in [0.15, 0.2) is 18.5 Å². The monoisotopic (exact) mass is 419 g/mol. The lowest BCUT2D eigenvalue weighted by atomic mass is 9.33. The van der Waals surface area contributed by atoms with E-state index in [2.05, 4.69) is 21.4 Å². The van der Waals surface area contributed by atoms with Gasteiger partial charge in [-0.2, -0.15) is 13.2 Å². The quantitative estimate of drug-likeness (QED) is 0.811. The summed E-state index contributed by atoms with van der Waals surface area (Å²) < 4.78 is 47.6. The molecule has 2 bridgehead atoms. The molecule has 4 heterocycles. The van der Waals surface area contributed by atoms with Crippen LogP contribution in [-0.2, 0) is 22.9 Å². The number of rotatable bonds is 2. The number of ether oxygens (including phenoxy) is 1. The number of nitrogen functional groups attached to an aromatic ring is 1. The van der Waals surface area contributed by atoms with Crippen LogP contribution >= 0.6 is 0 Å². The van der Waals surface area contributed by atoms with Crippen LogP contribution in [0, 0.1) is 11.8 Å². The Balaban J connectivity index is 1.35. The molecule has 5 aliphatic rings. The van der Waals surface area contributed by atoms with E-state index in [-0.39, 0.29) is 11.1 Å². The molecule has 160 valence electrons. The minimum Gasteiger partial charge on any atom is -0.383 e. The summed E-state index contributed by atoms with van der Waals surface area (Å²) in [5.74, 6) is 1.52. The molecule has 0 radical (unpaired) electrons. The third-order valence-electron chi connectivity index (χ3n) is 7.88. The van der Waals surface area contributed by atoms with Crippen molar-refractivity contribution >= 4 is 5.82 Å². The van der Waals surface area contributed by atoms with Gasteiger partial charge in [0.15, 0.2) is 0 Å². The van der Waals surface area contributed by atoms with Gasteiger partial charge in [-0.1, -0.05) is 6.92 Å². The number of halogens is 3. The second kappa shape index (κ2) is 5.76. The molecular weight excluding hydrogens is 395 g/mol. The SMILES string of the molecule is CC1Cc2nc(-c3cnc(N)c(C(F)(F)F)c3)cn2C23CC(N4CCOCC4)(C2)C13. The van der Waals surface area contributed by atoms with Gasteiger partial charge in [0.25, 0.3) is 0 Å². The van der Waals surface area contributed by atoms with Gasteiger partial charge in [-0.3, -0.25) is 4.90 Å². The number of anilines is 1. The number of aromatic nitrogens is 3. The van der Waals surface area contributed by atoms with Gasteiger partial charge >= 0.3 is 6.18 Å². The third kappa shape index (κ3) is 2.22. The zero-order valence-corrected chi connectivity index (χ0v) is 16.7. The molecule has 3 aliphatic carbocycles. The van der Waals surface area contributed by atoms with Crippen molar-refractivity contribution in [2.24, 2.45) is 11.8 Å². The Kier molecular flexibility index (Phi) is 3.58. The molecule has 2 N–H and O–H groups in total. The minimum absolute atomic E-state index is 0.0602. The van der Waals surface area contributed by atoms with Crippen molar-refractivity contribution in [2.45, 2.75) is 43.4 Å². The molecule has 1 saturated heterocycles. The van der Waals surface area contributed by atoms with Gasteiger partial charge in [0.1, 0.15) is 11.6 Å². The Hall–Kier alpha value is -2.13. The number of imidazole rings is 1. The van der Waals surface area contributed by atoms with Crippen LogP contribution in [0.3, 0.4) is 0 Å². The normalized spacial score (nSPS) is 35.2. The lowest BCUT2D eigenvalue weighted by molar-refractivity contribution is -0.302. The van der Waals surface area contributed by atoms with E-state index in [9.17, 15) is 13.2 Å². The summed E-state index contributed by atoms with van der Waals surface area (Å²) in [6.45, 7) is 5.85. The van der Waals surface area contributed by atoms with Gasteiger partial charge in [-0.25, -0.2) is 9.97 Å². The summed E-state index contributed by atoms with van der Waals surface area (Å²) in [6.07, 6.45) is 1.80.